The number of carbonyl (C=O) groups excluding carboxylic acids is 1. The fourth-order valence-corrected chi connectivity index (χ4v) is 2.16. The molecule has 0 radical (unpaired) electrons. The highest BCUT2D eigenvalue weighted by Gasteiger charge is 2.25. The SMILES string of the molecule is COc1ccc(C)cc1C(C#N)C(=O)c1cccc(F)c1. The average molecular weight is 283 g/mol. The molecule has 106 valence electrons. The van der Waals surface area contributed by atoms with Crippen LogP contribution in [-0.2, 0) is 0 Å². The number of ether oxygens (including phenoxy) is 1. The van der Waals surface area contributed by atoms with Crippen LogP contribution in [0, 0.1) is 24.1 Å². The summed E-state index contributed by atoms with van der Waals surface area (Å²) in [5, 5.41) is 9.37. The largest absolute Gasteiger partial charge is 0.496 e. The van der Waals surface area contributed by atoms with Crippen molar-refractivity contribution in [3.63, 3.8) is 0 Å². The van der Waals surface area contributed by atoms with Crippen LogP contribution in [0.4, 0.5) is 4.39 Å². The maximum absolute atomic E-state index is 13.2. The minimum Gasteiger partial charge on any atom is -0.496 e. The van der Waals surface area contributed by atoms with Gasteiger partial charge in [0.2, 0.25) is 0 Å². The Bertz CT molecular complexity index is 719. The van der Waals surface area contributed by atoms with Crippen LogP contribution in [0.1, 0.15) is 27.4 Å². The summed E-state index contributed by atoms with van der Waals surface area (Å²) < 4.78 is 18.5. The lowest BCUT2D eigenvalue weighted by Gasteiger charge is -2.14. The van der Waals surface area contributed by atoms with E-state index in [1.807, 2.05) is 19.1 Å². The molecule has 4 heteroatoms. The molecule has 0 spiro atoms. The number of ketones is 1. The Morgan fingerprint density at radius 1 is 1.29 bits per heavy atom. The number of halogens is 1. The summed E-state index contributed by atoms with van der Waals surface area (Å²) in [6.45, 7) is 1.87. The lowest BCUT2D eigenvalue weighted by Crippen LogP contribution is -2.13. The van der Waals surface area contributed by atoms with E-state index in [0.29, 0.717) is 11.3 Å². The van der Waals surface area contributed by atoms with Gasteiger partial charge in [0.15, 0.2) is 5.78 Å². The number of Topliss-reactive ketones (excluding diaryl/α,β-unsaturated/α-hetero) is 1. The maximum Gasteiger partial charge on any atom is 0.184 e. The van der Waals surface area contributed by atoms with Gasteiger partial charge in [-0.05, 0) is 25.1 Å². The van der Waals surface area contributed by atoms with Gasteiger partial charge in [-0.25, -0.2) is 4.39 Å². The topological polar surface area (TPSA) is 50.1 Å². The summed E-state index contributed by atoms with van der Waals surface area (Å²) in [6, 6.07) is 12.6. The molecule has 2 aromatic rings. The third-order valence-corrected chi connectivity index (χ3v) is 3.20. The molecule has 0 amide bonds. The molecule has 0 N–H and O–H groups in total. The van der Waals surface area contributed by atoms with Crippen molar-refractivity contribution in [2.45, 2.75) is 12.8 Å². The Hall–Kier alpha value is -2.67. The monoisotopic (exact) mass is 283 g/mol. The van der Waals surface area contributed by atoms with Gasteiger partial charge >= 0.3 is 0 Å². The smallest absolute Gasteiger partial charge is 0.184 e. The summed E-state index contributed by atoms with van der Waals surface area (Å²) >= 11 is 0. The molecule has 0 bridgehead atoms. The molecule has 21 heavy (non-hydrogen) atoms. The van der Waals surface area contributed by atoms with E-state index < -0.39 is 17.5 Å². The normalized spacial score (nSPS) is 11.5. The number of nitrogens with zero attached hydrogens (tertiary/aromatic N) is 1. The Labute approximate surface area is 122 Å². The predicted octanol–water partition coefficient (Wildman–Crippen LogP) is 3.63. The molecule has 3 nitrogen and oxygen atoms in total. The molecule has 0 aliphatic rings. The Kier molecular flexibility index (Phi) is 4.34. The van der Waals surface area contributed by atoms with Crippen molar-refractivity contribution in [2.75, 3.05) is 7.11 Å². The van der Waals surface area contributed by atoms with E-state index in [0.717, 1.165) is 11.6 Å². The fraction of sp³-hybridized carbons (Fsp3) is 0.176. The van der Waals surface area contributed by atoms with Crippen molar-refractivity contribution in [2.24, 2.45) is 0 Å². The summed E-state index contributed by atoms with van der Waals surface area (Å²) in [5.41, 5.74) is 1.58. The molecule has 0 aliphatic heterocycles. The van der Waals surface area contributed by atoms with Crippen molar-refractivity contribution in [1.29, 1.82) is 5.26 Å². The minimum absolute atomic E-state index is 0.171. The predicted molar refractivity (Wildman–Crippen MR) is 76.8 cm³/mol. The highest BCUT2D eigenvalue weighted by Crippen LogP contribution is 2.30. The standard InChI is InChI=1S/C17H14FNO2/c1-11-6-7-16(21-2)14(8-11)15(10-19)17(20)12-4-3-5-13(18)9-12/h3-9,15H,1-2H3. The lowest BCUT2D eigenvalue weighted by molar-refractivity contribution is 0.0977. The lowest BCUT2D eigenvalue weighted by atomic mass is 9.90. The van der Waals surface area contributed by atoms with Crippen LogP contribution in [0.25, 0.3) is 0 Å². The summed E-state index contributed by atoms with van der Waals surface area (Å²) in [5.74, 6) is -1.51. The van der Waals surface area contributed by atoms with Gasteiger partial charge in [-0.2, -0.15) is 5.26 Å². The zero-order valence-electron chi connectivity index (χ0n) is 11.8. The summed E-state index contributed by atoms with van der Waals surface area (Å²) in [6.07, 6.45) is 0. The van der Waals surface area contributed by atoms with Crippen LogP contribution < -0.4 is 4.74 Å². The highest BCUT2D eigenvalue weighted by molar-refractivity contribution is 6.03. The van der Waals surface area contributed by atoms with Gasteiger partial charge in [-0.3, -0.25) is 4.79 Å². The number of hydrogen-bond acceptors (Lipinski definition) is 3. The molecule has 0 saturated heterocycles. The summed E-state index contributed by atoms with van der Waals surface area (Å²) in [7, 11) is 1.48. The van der Waals surface area contributed by atoms with E-state index in [-0.39, 0.29) is 5.56 Å². The van der Waals surface area contributed by atoms with E-state index in [1.165, 1.54) is 25.3 Å². The van der Waals surface area contributed by atoms with Crippen molar-refractivity contribution in [3.8, 4) is 11.8 Å². The molecule has 1 atom stereocenters. The molecule has 0 saturated carbocycles. The number of carbonyl (C=O) groups is 1. The molecule has 2 aromatic carbocycles. The number of methoxy groups -OCH3 is 1. The average Bonchev–Trinajstić information content (AvgIpc) is 2.48. The van der Waals surface area contributed by atoms with Crippen molar-refractivity contribution in [1.82, 2.24) is 0 Å². The first-order valence-corrected chi connectivity index (χ1v) is 6.40. The second kappa shape index (κ2) is 6.19. The number of benzene rings is 2. The van der Waals surface area contributed by atoms with Gasteiger partial charge in [-0.1, -0.05) is 29.8 Å². The van der Waals surface area contributed by atoms with Gasteiger partial charge in [0.05, 0.1) is 13.2 Å². The van der Waals surface area contributed by atoms with Crippen LogP contribution in [0.3, 0.4) is 0 Å². The van der Waals surface area contributed by atoms with E-state index in [2.05, 4.69) is 0 Å². The van der Waals surface area contributed by atoms with Crippen molar-refractivity contribution < 1.29 is 13.9 Å². The first kappa shape index (κ1) is 14.7. The number of nitriles is 1. The molecular formula is C17H14FNO2. The van der Waals surface area contributed by atoms with E-state index in [9.17, 15) is 14.4 Å². The second-order valence-electron chi connectivity index (χ2n) is 4.68. The third-order valence-electron chi connectivity index (χ3n) is 3.20. The molecule has 0 aliphatic carbocycles. The Morgan fingerprint density at radius 3 is 2.67 bits per heavy atom. The van der Waals surface area contributed by atoms with Crippen LogP contribution >= 0.6 is 0 Å². The molecule has 0 fully saturated rings. The fourth-order valence-electron chi connectivity index (χ4n) is 2.16. The molecule has 0 heterocycles. The van der Waals surface area contributed by atoms with Gasteiger partial charge in [0.25, 0.3) is 0 Å². The highest BCUT2D eigenvalue weighted by atomic mass is 19.1. The molecule has 0 aromatic heterocycles. The third kappa shape index (κ3) is 3.09. The zero-order valence-corrected chi connectivity index (χ0v) is 11.8. The molecule has 2 rings (SSSR count). The van der Waals surface area contributed by atoms with Crippen molar-refractivity contribution in [3.05, 3.63) is 65.0 Å². The Balaban J connectivity index is 2.48. The van der Waals surface area contributed by atoms with Crippen LogP contribution in [0.15, 0.2) is 42.5 Å². The summed E-state index contributed by atoms with van der Waals surface area (Å²) in [4.78, 5) is 12.5. The first-order valence-electron chi connectivity index (χ1n) is 6.40. The van der Waals surface area contributed by atoms with Gasteiger partial charge in [0.1, 0.15) is 17.5 Å². The molecule has 1 unspecified atom stereocenters. The van der Waals surface area contributed by atoms with E-state index >= 15 is 0 Å². The van der Waals surface area contributed by atoms with Crippen LogP contribution in [0.5, 0.6) is 5.75 Å². The van der Waals surface area contributed by atoms with Gasteiger partial charge in [-0.15, -0.1) is 0 Å². The molecular weight excluding hydrogens is 269 g/mol. The zero-order chi connectivity index (χ0) is 15.4. The number of hydrogen-bond donors (Lipinski definition) is 0. The number of aryl methyl sites for hydroxylation is 1. The minimum atomic E-state index is -1.03. The Morgan fingerprint density at radius 2 is 2.05 bits per heavy atom. The number of rotatable bonds is 4. The van der Waals surface area contributed by atoms with Crippen LogP contribution in [0.2, 0.25) is 0 Å². The van der Waals surface area contributed by atoms with Crippen LogP contribution in [-0.4, -0.2) is 12.9 Å². The van der Waals surface area contributed by atoms with E-state index in [4.69, 9.17) is 4.74 Å². The quantitative estimate of drug-likeness (QED) is 0.805. The van der Waals surface area contributed by atoms with E-state index in [1.54, 1.807) is 12.1 Å². The maximum atomic E-state index is 13.2. The van der Waals surface area contributed by atoms with Crippen molar-refractivity contribution >= 4 is 5.78 Å². The first-order chi connectivity index (χ1) is 10.1. The van der Waals surface area contributed by atoms with Gasteiger partial charge < -0.3 is 4.74 Å². The second-order valence-corrected chi connectivity index (χ2v) is 4.68. The van der Waals surface area contributed by atoms with Gasteiger partial charge in [0, 0.05) is 11.1 Å².